The summed E-state index contributed by atoms with van der Waals surface area (Å²) in [6.45, 7) is 4.63. The predicted molar refractivity (Wildman–Crippen MR) is 85.2 cm³/mol. The molecule has 3 rings (SSSR count). The van der Waals surface area contributed by atoms with E-state index < -0.39 is 6.10 Å². The molecule has 2 heterocycles. The number of halogens is 1. The third-order valence-electron chi connectivity index (χ3n) is 4.18. The molecule has 1 aliphatic heterocycles. The molecule has 1 aliphatic rings. The third-order valence-corrected chi connectivity index (χ3v) is 4.18. The number of hydrogen-bond donors (Lipinski definition) is 1. The fourth-order valence-corrected chi connectivity index (χ4v) is 2.98. The molecule has 1 N–H and O–H groups in total. The summed E-state index contributed by atoms with van der Waals surface area (Å²) in [5.41, 5.74) is 1.67. The van der Waals surface area contributed by atoms with Crippen LogP contribution in [-0.4, -0.2) is 58.1 Å². The van der Waals surface area contributed by atoms with Gasteiger partial charge in [-0.15, -0.1) is 0 Å². The number of rotatable bonds is 3. The Hall–Kier alpha value is -2.05. The van der Waals surface area contributed by atoms with Crippen LogP contribution < -0.4 is 0 Å². The Bertz CT molecular complexity index is 712. The van der Waals surface area contributed by atoms with Crippen molar-refractivity contribution in [2.75, 3.05) is 26.2 Å². The van der Waals surface area contributed by atoms with Gasteiger partial charge in [0.15, 0.2) is 0 Å². The van der Waals surface area contributed by atoms with Gasteiger partial charge in [0, 0.05) is 44.3 Å². The summed E-state index contributed by atoms with van der Waals surface area (Å²) >= 11 is 0. The number of amides is 1. The number of benzene rings is 1. The molecular weight excluding hydrogens is 297 g/mol. The lowest BCUT2D eigenvalue weighted by molar-refractivity contribution is -0.141. The van der Waals surface area contributed by atoms with Crippen molar-refractivity contribution < 1.29 is 14.3 Å². The first-order valence-electron chi connectivity index (χ1n) is 7.77. The van der Waals surface area contributed by atoms with Crippen LogP contribution in [0.25, 0.3) is 10.9 Å². The van der Waals surface area contributed by atoms with Crippen LogP contribution in [0.15, 0.2) is 30.5 Å². The van der Waals surface area contributed by atoms with Gasteiger partial charge in [0.2, 0.25) is 0 Å². The summed E-state index contributed by atoms with van der Waals surface area (Å²) in [5.74, 6) is -0.494. The molecule has 1 atom stereocenters. The Labute approximate surface area is 134 Å². The van der Waals surface area contributed by atoms with Crippen molar-refractivity contribution in [2.45, 2.75) is 19.6 Å². The van der Waals surface area contributed by atoms with Gasteiger partial charge >= 0.3 is 0 Å². The zero-order valence-electron chi connectivity index (χ0n) is 13.1. The van der Waals surface area contributed by atoms with Crippen molar-refractivity contribution >= 4 is 16.8 Å². The minimum absolute atomic E-state index is 0.234. The summed E-state index contributed by atoms with van der Waals surface area (Å²) < 4.78 is 13.8. The average Bonchev–Trinajstić information content (AvgIpc) is 2.54. The Morgan fingerprint density at radius 2 is 2.09 bits per heavy atom. The first-order chi connectivity index (χ1) is 11.0. The molecule has 23 heavy (non-hydrogen) atoms. The summed E-state index contributed by atoms with van der Waals surface area (Å²) in [6.07, 6.45) is 0.751. The highest BCUT2D eigenvalue weighted by Gasteiger charge is 2.24. The smallest absolute Gasteiger partial charge is 0.251 e. The molecule has 0 radical (unpaired) electrons. The van der Waals surface area contributed by atoms with Crippen molar-refractivity contribution in [3.05, 3.63) is 41.8 Å². The number of fused-ring (bicyclic) bond motifs is 1. The van der Waals surface area contributed by atoms with Crippen LogP contribution in [0, 0.1) is 5.82 Å². The van der Waals surface area contributed by atoms with Crippen molar-refractivity contribution in [1.29, 1.82) is 0 Å². The minimum Gasteiger partial charge on any atom is -0.384 e. The predicted octanol–water partition coefficient (Wildman–Crippen LogP) is 1.40. The molecule has 1 aromatic carbocycles. The second-order valence-corrected chi connectivity index (χ2v) is 5.92. The lowest BCUT2D eigenvalue weighted by Gasteiger charge is -2.35. The standard InChI is InChI=1S/C17H20FN3O2/c1-12(22)17(23)21-7-5-20(6-8-21)11-14-10-15(18)9-13-3-2-4-19-16(13)14/h2-4,9-10,12,22H,5-8,11H2,1H3. The van der Waals surface area contributed by atoms with Gasteiger partial charge in [-0.3, -0.25) is 14.7 Å². The normalized spacial score (nSPS) is 17.4. The molecule has 1 fully saturated rings. The van der Waals surface area contributed by atoms with Gasteiger partial charge < -0.3 is 10.0 Å². The first kappa shape index (κ1) is 15.8. The molecule has 0 bridgehead atoms. The van der Waals surface area contributed by atoms with Gasteiger partial charge in [-0.25, -0.2) is 4.39 Å². The second-order valence-electron chi connectivity index (χ2n) is 5.92. The van der Waals surface area contributed by atoms with Crippen molar-refractivity contribution in [1.82, 2.24) is 14.8 Å². The summed E-state index contributed by atoms with van der Waals surface area (Å²) in [5, 5.41) is 10.2. The van der Waals surface area contributed by atoms with Gasteiger partial charge in [0.25, 0.3) is 5.91 Å². The fraction of sp³-hybridized carbons (Fsp3) is 0.412. The molecule has 1 aromatic heterocycles. The van der Waals surface area contributed by atoms with Gasteiger partial charge in [-0.05, 0) is 30.7 Å². The number of carbonyl (C=O) groups excluding carboxylic acids is 1. The first-order valence-corrected chi connectivity index (χ1v) is 7.77. The highest BCUT2D eigenvalue weighted by molar-refractivity contribution is 5.82. The molecule has 122 valence electrons. The number of pyridine rings is 1. The number of piperazine rings is 1. The number of aliphatic hydroxyl groups excluding tert-OH is 1. The molecule has 1 unspecified atom stereocenters. The fourth-order valence-electron chi connectivity index (χ4n) is 2.98. The molecule has 5 nitrogen and oxygen atoms in total. The highest BCUT2D eigenvalue weighted by atomic mass is 19.1. The molecular formula is C17H20FN3O2. The Morgan fingerprint density at radius 1 is 1.35 bits per heavy atom. The lowest BCUT2D eigenvalue weighted by atomic mass is 10.1. The summed E-state index contributed by atoms with van der Waals surface area (Å²) in [4.78, 5) is 20.0. The number of aliphatic hydroxyl groups is 1. The van der Waals surface area contributed by atoms with E-state index in [1.54, 1.807) is 17.2 Å². The van der Waals surface area contributed by atoms with E-state index in [0.29, 0.717) is 32.7 Å². The van der Waals surface area contributed by atoms with Crippen molar-refractivity contribution in [2.24, 2.45) is 0 Å². The maximum Gasteiger partial charge on any atom is 0.251 e. The largest absolute Gasteiger partial charge is 0.384 e. The number of hydrogen-bond acceptors (Lipinski definition) is 4. The van der Waals surface area contributed by atoms with Crippen LogP contribution in [-0.2, 0) is 11.3 Å². The van der Waals surface area contributed by atoms with E-state index in [9.17, 15) is 14.3 Å². The van der Waals surface area contributed by atoms with Crippen LogP contribution in [0.1, 0.15) is 12.5 Å². The molecule has 6 heteroatoms. The van der Waals surface area contributed by atoms with Gasteiger partial charge in [0.05, 0.1) is 5.52 Å². The Balaban J connectivity index is 1.71. The molecule has 1 amide bonds. The third kappa shape index (κ3) is 3.48. The molecule has 1 saturated heterocycles. The SMILES string of the molecule is CC(O)C(=O)N1CCN(Cc2cc(F)cc3cccnc23)CC1. The average molecular weight is 317 g/mol. The van der Waals surface area contributed by atoms with Gasteiger partial charge in [0.1, 0.15) is 11.9 Å². The van der Waals surface area contributed by atoms with Gasteiger partial charge in [-0.2, -0.15) is 0 Å². The number of carbonyl (C=O) groups is 1. The highest BCUT2D eigenvalue weighted by Crippen LogP contribution is 2.20. The lowest BCUT2D eigenvalue weighted by Crippen LogP contribution is -2.50. The van der Waals surface area contributed by atoms with E-state index in [0.717, 1.165) is 16.5 Å². The zero-order valence-corrected chi connectivity index (χ0v) is 13.1. The monoisotopic (exact) mass is 317 g/mol. The maximum absolute atomic E-state index is 13.8. The minimum atomic E-state index is -0.960. The van der Waals surface area contributed by atoms with Crippen LogP contribution >= 0.6 is 0 Å². The maximum atomic E-state index is 13.8. The molecule has 2 aromatic rings. The van der Waals surface area contributed by atoms with E-state index in [1.807, 2.05) is 6.07 Å². The summed E-state index contributed by atoms with van der Waals surface area (Å²) in [7, 11) is 0. The topological polar surface area (TPSA) is 56.7 Å². The quantitative estimate of drug-likeness (QED) is 0.930. The second kappa shape index (κ2) is 6.60. The van der Waals surface area contributed by atoms with E-state index in [4.69, 9.17) is 0 Å². The van der Waals surface area contributed by atoms with E-state index in [1.165, 1.54) is 19.1 Å². The Morgan fingerprint density at radius 3 is 2.78 bits per heavy atom. The summed E-state index contributed by atoms with van der Waals surface area (Å²) in [6, 6.07) is 6.67. The molecule has 0 saturated carbocycles. The van der Waals surface area contributed by atoms with E-state index in [-0.39, 0.29) is 11.7 Å². The molecule has 0 spiro atoms. The zero-order chi connectivity index (χ0) is 16.4. The van der Waals surface area contributed by atoms with Crippen molar-refractivity contribution in [3.63, 3.8) is 0 Å². The molecule has 0 aliphatic carbocycles. The van der Waals surface area contributed by atoms with Crippen LogP contribution in [0.4, 0.5) is 4.39 Å². The van der Waals surface area contributed by atoms with Crippen LogP contribution in [0.3, 0.4) is 0 Å². The van der Waals surface area contributed by atoms with Crippen LogP contribution in [0.5, 0.6) is 0 Å². The number of nitrogens with zero attached hydrogens (tertiary/aromatic N) is 3. The van der Waals surface area contributed by atoms with E-state index in [2.05, 4.69) is 9.88 Å². The van der Waals surface area contributed by atoms with Crippen molar-refractivity contribution in [3.8, 4) is 0 Å². The van der Waals surface area contributed by atoms with Crippen LogP contribution in [0.2, 0.25) is 0 Å². The van der Waals surface area contributed by atoms with Gasteiger partial charge in [-0.1, -0.05) is 6.07 Å². The van der Waals surface area contributed by atoms with E-state index >= 15 is 0 Å². The number of aromatic nitrogens is 1. The Kier molecular flexibility index (Phi) is 4.54.